The number of halogens is 1. The summed E-state index contributed by atoms with van der Waals surface area (Å²) in [7, 11) is 2.06. The van der Waals surface area contributed by atoms with Gasteiger partial charge in [-0.15, -0.1) is 0 Å². The van der Waals surface area contributed by atoms with Gasteiger partial charge in [-0.1, -0.05) is 17.7 Å². The van der Waals surface area contributed by atoms with Gasteiger partial charge in [0.25, 0.3) is 0 Å². The molecule has 1 aromatic heterocycles. The maximum Gasteiger partial charge on any atom is 0.0502 e. The molecule has 16 heavy (non-hydrogen) atoms. The van der Waals surface area contributed by atoms with Gasteiger partial charge in [0.15, 0.2) is 0 Å². The fraction of sp³-hybridized carbons (Fsp3) is 0.385. The number of benzene rings is 1. The van der Waals surface area contributed by atoms with Crippen molar-refractivity contribution in [2.75, 3.05) is 6.54 Å². The van der Waals surface area contributed by atoms with E-state index in [2.05, 4.69) is 23.9 Å². The molecule has 0 spiro atoms. The third-order valence-electron chi connectivity index (χ3n) is 3.78. The zero-order valence-corrected chi connectivity index (χ0v) is 10.1. The number of fused-ring (bicyclic) bond motifs is 1. The van der Waals surface area contributed by atoms with Crippen molar-refractivity contribution in [3.05, 3.63) is 35.0 Å². The summed E-state index contributed by atoms with van der Waals surface area (Å²) in [6.45, 7) is 0.720. The molecule has 2 aromatic rings. The third-order valence-corrected chi connectivity index (χ3v) is 4.09. The average Bonchev–Trinajstić information content (AvgIpc) is 3.00. The smallest absolute Gasteiger partial charge is 0.0502 e. The fourth-order valence-corrected chi connectivity index (χ4v) is 2.81. The summed E-state index contributed by atoms with van der Waals surface area (Å²) in [5.41, 5.74) is 8.63. The Balaban J connectivity index is 2.33. The molecule has 0 atom stereocenters. The monoisotopic (exact) mass is 234 g/mol. The van der Waals surface area contributed by atoms with Crippen LogP contribution in [-0.4, -0.2) is 11.1 Å². The molecule has 0 radical (unpaired) electrons. The zero-order valence-electron chi connectivity index (χ0n) is 9.33. The predicted molar refractivity (Wildman–Crippen MR) is 67.9 cm³/mol. The zero-order chi connectivity index (χ0) is 11.3. The van der Waals surface area contributed by atoms with Crippen LogP contribution in [0.15, 0.2) is 24.4 Å². The Bertz CT molecular complexity index is 552. The maximum absolute atomic E-state index is 6.31. The van der Waals surface area contributed by atoms with Crippen molar-refractivity contribution >= 4 is 22.5 Å². The van der Waals surface area contributed by atoms with Crippen LogP contribution in [0.3, 0.4) is 0 Å². The van der Waals surface area contributed by atoms with E-state index in [1.807, 2.05) is 12.1 Å². The molecule has 0 saturated heterocycles. The van der Waals surface area contributed by atoms with Crippen molar-refractivity contribution in [3.8, 4) is 0 Å². The van der Waals surface area contributed by atoms with Gasteiger partial charge < -0.3 is 10.3 Å². The van der Waals surface area contributed by atoms with Crippen LogP contribution in [0.4, 0.5) is 0 Å². The largest absolute Gasteiger partial charge is 0.350 e. The molecular formula is C13H15ClN2. The molecule has 0 aliphatic heterocycles. The van der Waals surface area contributed by atoms with E-state index in [1.165, 1.54) is 29.3 Å². The average molecular weight is 235 g/mol. The van der Waals surface area contributed by atoms with Gasteiger partial charge in [0, 0.05) is 36.1 Å². The van der Waals surface area contributed by atoms with Gasteiger partial charge in [0.1, 0.15) is 0 Å². The molecule has 0 unspecified atom stereocenters. The van der Waals surface area contributed by atoms with E-state index < -0.39 is 0 Å². The summed E-state index contributed by atoms with van der Waals surface area (Å²) in [6.07, 6.45) is 4.57. The van der Waals surface area contributed by atoms with Crippen molar-refractivity contribution in [1.29, 1.82) is 0 Å². The van der Waals surface area contributed by atoms with Crippen molar-refractivity contribution < 1.29 is 0 Å². The Morgan fingerprint density at radius 2 is 2.19 bits per heavy atom. The van der Waals surface area contributed by atoms with E-state index in [0.29, 0.717) is 0 Å². The summed E-state index contributed by atoms with van der Waals surface area (Å²) in [4.78, 5) is 0. The molecule has 3 heteroatoms. The first kappa shape index (κ1) is 10.2. The first-order valence-corrected chi connectivity index (χ1v) is 6.00. The number of aromatic nitrogens is 1. The Morgan fingerprint density at radius 3 is 2.81 bits per heavy atom. The van der Waals surface area contributed by atoms with Crippen LogP contribution in [0.5, 0.6) is 0 Å². The van der Waals surface area contributed by atoms with E-state index >= 15 is 0 Å². The lowest BCUT2D eigenvalue weighted by Gasteiger charge is -2.11. The number of hydrogen-bond acceptors (Lipinski definition) is 1. The number of nitrogens with zero attached hydrogens (tertiary/aromatic N) is 1. The van der Waals surface area contributed by atoms with Gasteiger partial charge in [-0.3, -0.25) is 0 Å². The molecule has 0 bridgehead atoms. The van der Waals surface area contributed by atoms with Crippen LogP contribution in [-0.2, 0) is 12.5 Å². The molecule has 1 fully saturated rings. The lowest BCUT2D eigenvalue weighted by molar-refractivity contribution is 0.706. The Hall–Kier alpha value is -0.990. The molecule has 1 heterocycles. The second kappa shape index (κ2) is 3.25. The molecule has 2 N–H and O–H groups in total. The fourth-order valence-electron chi connectivity index (χ4n) is 2.54. The topological polar surface area (TPSA) is 30.9 Å². The number of hydrogen-bond donors (Lipinski definition) is 1. The Kier molecular flexibility index (Phi) is 2.07. The van der Waals surface area contributed by atoms with Crippen LogP contribution in [0.2, 0.25) is 5.02 Å². The van der Waals surface area contributed by atoms with Crippen LogP contribution in [0.25, 0.3) is 10.9 Å². The van der Waals surface area contributed by atoms with Crippen LogP contribution < -0.4 is 5.73 Å². The SMILES string of the molecule is Cn1cc(C2(CN)CC2)c2c(Cl)cccc21. The molecule has 0 amide bonds. The van der Waals surface area contributed by atoms with Crippen LogP contribution >= 0.6 is 11.6 Å². The number of nitrogens with two attached hydrogens (primary N) is 1. The predicted octanol–water partition coefficient (Wildman–Crippen LogP) is 2.82. The van der Waals surface area contributed by atoms with Crippen LogP contribution in [0.1, 0.15) is 18.4 Å². The Morgan fingerprint density at radius 1 is 1.44 bits per heavy atom. The number of rotatable bonds is 2. The van der Waals surface area contributed by atoms with E-state index in [9.17, 15) is 0 Å². The van der Waals surface area contributed by atoms with Gasteiger partial charge in [-0.05, 0) is 30.5 Å². The van der Waals surface area contributed by atoms with E-state index in [-0.39, 0.29) is 5.41 Å². The summed E-state index contributed by atoms with van der Waals surface area (Å²) < 4.78 is 2.15. The molecule has 1 saturated carbocycles. The molecule has 1 aliphatic rings. The quantitative estimate of drug-likeness (QED) is 0.851. The van der Waals surface area contributed by atoms with Gasteiger partial charge in [-0.25, -0.2) is 0 Å². The van der Waals surface area contributed by atoms with Gasteiger partial charge >= 0.3 is 0 Å². The molecule has 1 aliphatic carbocycles. The standard InChI is InChI=1S/C13H15ClN2/c1-16-7-9(13(8-15)5-6-13)12-10(14)3-2-4-11(12)16/h2-4,7H,5-6,8,15H2,1H3. The van der Waals surface area contributed by atoms with Crippen molar-refractivity contribution in [2.45, 2.75) is 18.3 Å². The summed E-state index contributed by atoms with van der Waals surface area (Å²) in [5.74, 6) is 0. The summed E-state index contributed by atoms with van der Waals surface area (Å²) in [6, 6.07) is 6.06. The first-order chi connectivity index (χ1) is 7.68. The summed E-state index contributed by atoms with van der Waals surface area (Å²) in [5, 5.41) is 2.03. The highest BCUT2D eigenvalue weighted by Crippen LogP contribution is 2.50. The van der Waals surface area contributed by atoms with Gasteiger partial charge in [-0.2, -0.15) is 0 Å². The van der Waals surface area contributed by atoms with E-state index in [0.717, 1.165) is 11.6 Å². The normalized spacial score (nSPS) is 17.9. The van der Waals surface area contributed by atoms with Gasteiger partial charge in [0.2, 0.25) is 0 Å². The first-order valence-electron chi connectivity index (χ1n) is 5.62. The van der Waals surface area contributed by atoms with E-state index in [4.69, 9.17) is 17.3 Å². The highest BCUT2D eigenvalue weighted by atomic mass is 35.5. The molecule has 3 rings (SSSR count). The molecular weight excluding hydrogens is 220 g/mol. The molecule has 84 valence electrons. The van der Waals surface area contributed by atoms with E-state index in [1.54, 1.807) is 0 Å². The van der Waals surface area contributed by atoms with Crippen molar-refractivity contribution in [2.24, 2.45) is 12.8 Å². The lowest BCUT2D eigenvalue weighted by atomic mass is 9.96. The minimum atomic E-state index is 0.199. The minimum absolute atomic E-state index is 0.199. The summed E-state index contributed by atoms with van der Waals surface area (Å²) >= 11 is 6.31. The number of aryl methyl sites for hydroxylation is 1. The molecule has 2 nitrogen and oxygen atoms in total. The van der Waals surface area contributed by atoms with Crippen LogP contribution in [0, 0.1) is 0 Å². The van der Waals surface area contributed by atoms with Gasteiger partial charge in [0.05, 0.1) is 5.02 Å². The second-order valence-corrected chi connectivity index (χ2v) is 5.18. The third kappa shape index (κ3) is 1.23. The van der Waals surface area contributed by atoms with Crippen molar-refractivity contribution in [1.82, 2.24) is 4.57 Å². The van der Waals surface area contributed by atoms with Crippen molar-refractivity contribution in [3.63, 3.8) is 0 Å². The highest BCUT2D eigenvalue weighted by molar-refractivity contribution is 6.35. The molecule has 1 aromatic carbocycles. The Labute approximate surface area is 100.0 Å². The minimum Gasteiger partial charge on any atom is -0.350 e. The highest BCUT2D eigenvalue weighted by Gasteiger charge is 2.44. The maximum atomic E-state index is 6.31. The lowest BCUT2D eigenvalue weighted by Crippen LogP contribution is -2.19. The second-order valence-electron chi connectivity index (χ2n) is 4.77.